The molecule has 0 bridgehead atoms. The molecule has 0 saturated carbocycles. The Labute approximate surface area is 163 Å². The maximum absolute atomic E-state index is 13.9. The summed E-state index contributed by atoms with van der Waals surface area (Å²) < 4.78 is 38.6. The van der Waals surface area contributed by atoms with Crippen LogP contribution in [0.4, 0.5) is 4.39 Å². The fourth-order valence-electron chi connectivity index (χ4n) is 2.10. The molecule has 26 heavy (non-hydrogen) atoms. The Kier molecular flexibility index (Phi) is 5.44. The van der Waals surface area contributed by atoms with Gasteiger partial charge in [0.2, 0.25) is 0 Å². The summed E-state index contributed by atoms with van der Waals surface area (Å²) in [6, 6.07) is 11.7. The zero-order valence-corrected chi connectivity index (χ0v) is 16.1. The second-order valence-corrected chi connectivity index (χ2v) is 8.80. The number of hydrogen-bond donors (Lipinski definition) is 1. The molecule has 5 nitrogen and oxygen atoms in total. The first-order chi connectivity index (χ1) is 12.3. The van der Waals surface area contributed by atoms with Crippen LogP contribution in [0.2, 0.25) is 5.02 Å². The smallest absolute Gasteiger partial charge is 0.267 e. The first-order valence-corrected chi connectivity index (χ1v) is 10.2. The Balaban J connectivity index is 1.89. The van der Waals surface area contributed by atoms with Crippen molar-refractivity contribution in [3.05, 3.63) is 69.8 Å². The molecule has 0 radical (unpaired) electrons. The van der Waals surface area contributed by atoms with Gasteiger partial charge in [-0.15, -0.1) is 4.83 Å². The highest BCUT2D eigenvalue weighted by atomic mass is 35.5. The van der Waals surface area contributed by atoms with Crippen LogP contribution in [-0.2, 0) is 14.8 Å². The number of rotatable bonds is 4. The summed E-state index contributed by atoms with van der Waals surface area (Å²) in [5.74, 6) is -1.31. The predicted octanol–water partition coefficient (Wildman–Crippen LogP) is 3.57. The Hall–Kier alpha value is -1.78. The Morgan fingerprint density at radius 1 is 1.15 bits per heavy atom. The fourth-order valence-corrected chi connectivity index (χ4v) is 4.63. The number of hydrazine groups is 1. The summed E-state index contributed by atoms with van der Waals surface area (Å²) in [5.41, 5.74) is 0.0283. The van der Waals surface area contributed by atoms with Crippen LogP contribution >= 0.6 is 35.6 Å². The number of amides is 1. The van der Waals surface area contributed by atoms with Crippen molar-refractivity contribution >= 4 is 61.9 Å². The number of nitrogens with one attached hydrogen (secondary N) is 1. The highest BCUT2D eigenvalue weighted by Crippen LogP contribution is 2.34. The van der Waals surface area contributed by atoms with Crippen LogP contribution in [0.15, 0.2) is 58.3 Å². The number of nitrogens with zero attached hydrogens (tertiary/aromatic N) is 1. The molecule has 1 aliphatic heterocycles. The minimum absolute atomic E-state index is 0.0184. The lowest BCUT2D eigenvalue weighted by molar-refractivity contribution is -0.123. The molecule has 0 aromatic heterocycles. The highest BCUT2D eigenvalue weighted by Gasteiger charge is 2.35. The molecule has 0 unspecified atom stereocenters. The van der Waals surface area contributed by atoms with Crippen LogP contribution in [0.25, 0.3) is 6.08 Å². The molecule has 1 saturated heterocycles. The average Bonchev–Trinajstić information content (AvgIpc) is 2.86. The van der Waals surface area contributed by atoms with Gasteiger partial charge in [-0.2, -0.15) is 0 Å². The van der Waals surface area contributed by atoms with Crippen molar-refractivity contribution in [1.82, 2.24) is 9.84 Å². The molecular weight excluding hydrogens is 419 g/mol. The number of benzene rings is 2. The van der Waals surface area contributed by atoms with Crippen molar-refractivity contribution in [2.24, 2.45) is 0 Å². The number of halogens is 2. The standard InChI is InChI=1S/C16H10ClFN2O3S3/c17-12-7-4-8-13(18)11(12)9-14-15(21)20(16(24)25-14)19-26(22,23)10-5-2-1-3-6-10/h1-9,19H/b14-9+. The van der Waals surface area contributed by atoms with E-state index in [0.717, 1.165) is 16.8 Å². The predicted molar refractivity (Wildman–Crippen MR) is 103 cm³/mol. The van der Waals surface area contributed by atoms with E-state index in [0.29, 0.717) is 0 Å². The number of carbonyl (C=O) groups is 1. The normalized spacial score (nSPS) is 16.5. The number of thioether (sulfide) groups is 1. The third-order valence-electron chi connectivity index (χ3n) is 3.33. The van der Waals surface area contributed by atoms with E-state index >= 15 is 0 Å². The molecular formula is C16H10ClFN2O3S3. The van der Waals surface area contributed by atoms with E-state index in [1.54, 1.807) is 18.2 Å². The second kappa shape index (κ2) is 7.45. The van der Waals surface area contributed by atoms with E-state index in [1.165, 1.54) is 36.4 Å². The largest absolute Gasteiger partial charge is 0.281 e. The lowest BCUT2D eigenvalue weighted by Crippen LogP contribution is -2.44. The molecule has 1 heterocycles. The lowest BCUT2D eigenvalue weighted by atomic mass is 10.2. The van der Waals surface area contributed by atoms with Gasteiger partial charge in [0.1, 0.15) is 5.82 Å². The highest BCUT2D eigenvalue weighted by molar-refractivity contribution is 8.26. The van der Waals surface area contributed by atoms with Gasteiger partial charge in [0, 0.05) is 5.56 Å². The lowest BCUT2D eigenvalue weighted by Gasteiger charge is -2.15. The summed E-state index contributed by atoms with van der Waals surface area (Å²) in [5, 5.41) is 0.864. The monoisotopic (exact) mass is 428 g/mol. The first kappa shape index (κ1) is 19.0. The number of carbonyl (C=O) groups excluding carboxylic acids is 1. The van der Waals surface area contributed by atoms with Gasteiger partial charge in [-0.1, -0.05) is 59.8 Å². The van der Waals surface area contributed by atoms with E-state index in [2.05, 4.69) is 4.83 Å². The third-order valence-corrected chi connectivity index (χ3v) is 6.28. The van der Waals surface area contributed by atoms with Gasteiger partial charge in [-0.05, 0) is 30.3 Å². The fraction of sp³-hybridized carbons (Fsp3) is 0. The van der Waals surface area contributed by atoms with Gasteiger partial charge >= 0.3 is 0 Å². The van der Waals surface area contributed by atoms with Crippen LogP contribution in [0.5, 0.6) is 0 Å². The summed E-state index contributed by atoms with van der Waals surface area (Å²) >= 11 is 11.9. The quantitative estimate of drug-likeness (QED) is 0.595. The first-order valence-electron chi connectivity index (χ1n) is 7.09. The summed E-state index contributed by atoms with van der Waals surface area (Å²) in [7, 11) is -4.00. The average molecular weight is 429 g/mol. The van der Waals surface area contributed by atoms with Crippen molar-refractivity contribution in [3.8, 4) is 0 Å². The van der Waals surface area contributed by atoms with Crippen LogP contribution in [-0.4, -0.2) is 23.7 Å². The van der Waals surface area contributed by atoms with Crippen molar-refractivity contribution < 1.29 is 17.6 Å². The van der Waals surface area contributed by atoms with E-state index in [-0.39, 0.29) is 24.7 Å². The molecule has 134 valence electrons. The van der Waals surface area contributed by atoms with E-state index in [1.807, 2.05) is 0 Å². The zero-order chi connectivity index (χ0) is 18.9. The van der Waals surface area contributed by atoms with Crippen LogP contribution in [0, 0.1) is 5.82 Å². The molecule has 0 aliphatic carbocycles. The van der Waals surface area contributed by atoms with Gasteiger partial charge in [0.05, 0.1) is 14.8 Å². The summed E-state index contributed by atoms with van der Waals surface area (Å²) in [6.45, 7) is 0. The van der Waals surface area contributed by atoms with Gasteiger partial charge in [-0.3, -0.25) is 4.79 Å². The zero-order valence-electron chi connectivity index (χ0n) is 12.8. The molecule has 1 amide bonds. The van der Waals surface area contributed by atoms with Gasteiger partial charge in [-0.25, -0.2) is 17.8 Å². The maximum atomic E-state index is 13.9. The van der Waals surface area contributed by atoms with Crippen molar-refractivity contribution in [2.75, 3.05) is 0 Å². The van der Waals surface area contributed by atoms with E-state index in [4.69, 9.17) is 23.8 Å². The molecule has 1 N–H and O–H groups in total. The molecule has 1 aliphatic rings. The van der Waals surface area contributed by atoms with Crippen molar-refractivity contribution in [1.29, 1.82) is 0 Å². The van der Waals surface area contributed by atoms with Crippen LogP contribution < -0.4 is 4.83 Å². The van der Waals surface area contributed by atoms with Crippen molar-refractivity contribution in [3.63, 3.8) is 0 Å². The maximum Gasteiger partial charge on any atom is 0.281 e. The van der Waals surface area contributed by atoms with E-state index in [9.17, 15) is 17.6 Å². The molecule has 3 rings (SSSR count). The summed E-state index contributed by atoms with van der Waals surface area (Å²) in [6.07, 6.45) is 1.24. The topological polar surface area (TPSA) is 66.5 Å². The minimum atomic E-state index is -4.00. The van der Waals surface area contributed by atoms with E-state index < -0.39 is 21.7 Å². The molecule has 0 atom stereocenters. The Morgan fingerprint density at radius 2 is 1.85 bits per heavy atom. The molecule has 2 aromatic carbocycles. The Bertz CT molecular complexity index is 1010. The molecule has 1 fully saturated rings. The van der Waals surface area contributed by atoms with Gasteiger partial charge in [0.15, 0.2) is 4.32 Å². The third kappa shape index (κ3) is 3.81. The number of sulfonamides is 1. The summed E-state index contributed by atoms with van der Waals surface area (Å²) in [4.78, 5) is 14.7. The van der Waals surface area contributed by atoms with Crippen molar-refractivity contribution in [2.45, 2.75) is 4.90 Å². The Morgan fingerprint density at radius 3 is 2.50 bits per heavy atom. The van der Waals surface area contributed by atoms with Gasteiger partial charge in [0.25, 0.3) is 15.9 Å². The second-order valence-electron chi connectivity index (χ2n) is 5.06. The number of hydrogen-bond acceptors (Lipinski definition) is 5. The number of thiocarbonyl (C=S) groups is 1. The minimum Gasteiger partial charge on any atom is -0.267 e. The molecule has 10 heteroatoms. The SMILES string of the molecule is O=C1/C(=C\c2c(F)cccc2Cl)SC(=S)N1NS(=O)(=O)c1ccccc1. The molecule has 0 spiro atoms. The molecule has 2 aromatic rings. The van der Waals surface area contributed by atoms with Gasteiger partial charge < -0.3 is 0 Å². The van der Waals surface area contributed by atoms with Crippen LogP contribution in [0.3, 0.4) is 0 Å². The van der Waals surface area contributed by atoms with Crippen LogP contribution in [0.1, 0.15) is 5.56 Å².